The van der Waals surface area contributed by atoms with Gasteiger partial charge in [-0.05, 0) is 36.2 Å². The quantitative estimate of drug-likeness (QED) is 0.771. The van der Waals surface area contributed by atoms with Gasteiger partial charge >= 0.3 is 0 Å². The van der Waals surface area contributed by atoms with Crippen molar-refractivity contribution >= 4 is 28.6 Å². The van der Waals surface area contributed by atoms with E-state index in [0.717, 1.165) is 17.1 Å². The SMILES string of the molecule is Cc1nc(C(Cc2ccsc2)NC(=O)c2cncnc2)sc1C. The molecule has 7 heteroatoms. The van der Waals surface area contributed by atoms with E-state index in [4.69, 9.17) is 0 Å². The molecule has 0 radical (unpaired) electrons. The summed E-state index contributed by atoms with van der Waals surface area (Å²) in [7, 11) is 0. The summed E-state index contributed by atoms with van der Waals surface area (Å²) in [5, 5.41) is 8.12. The molecule has 0 aliphatic carbocycles. The van der Waals surface area contributed by atoms with Gasteiger partial charge in [0, 0.05) is 23.7 Å². The molecule has 1 N–H and O–H groups in total. The Labute approximate surface area is 142 Å². The van der Waals surface area contributed by atoms with E-state index < -0.39 is 0 Å². The summed E-state index contributed by atoms with van der Waals surface area (Å²) in [6.45, 7) is 4.04. The van der Waals surface area contributed by atoms with Gasteiger partial charge in [0.1, 0.15) is 11.3 Å². The number of aromatic nitrogens is 3. The topological polar surface area (TPSA) is 67.8 Å². The van der Waals surface area contributed by atoms with Crippen molar-refractivity contribution in [3.05, 3.63) is 62.3 Å². The molecule has 0 aromatic carbocycles. The van der Waals surface area contributed by atoms with Crippen molar-refractivity contribution < 1.29 is 4.79 Å². The number of hydrogen-bond acceptors (Lipinski definition) is 6. The van der Waals surface area contributed by atoms with Crippen molar-refractivity contribution in [1.82, 2.24) is 20.3 Å². The Morgan fingerprint density at radius 3 is 2.70 bits per heavy atom. The van der Waals surface area contributed by atoms with Crippen LogP contribution in [0.4, 0.5) is 0 Å². The zero-order valence-electron chi connectivity index (χ0n) is 12.8. The molecule has 0 bridgehead atoms. The van der Waals surface area contributed by atoms with Gasteiger partial charge in [-0.15, -0.1) is 11.3 Å². The van der Waals surface area contributed by atoms with Gasteiger partial charge in [-0.1, -0.05) is 0 Å². The van der Waals surface area contributed by atoms with Gasteiger partial charge in [0.25, 0.3) is 5.91 Å². The summed E-state index contributed by atoms with van der Waals surface area (Å²) in [4.78, 5) is 26.0. The van der Waals surface area contributed by atoms with Gasteiger partial charge < -0.3 is 5.32 Å². The first-order valence-corrected chi connectivity index (χ1v) is 8.90. The number of aryl methyl sites for hydroxylation is 2. The first-order chi connectivity index (χ1) is 11.1. The number of amides is 1. The summed E-state index contributed by atoms with van der Waals surface area (Å²) in [5.74, 6) is -0.184. The summed E-state index contributed by atoms with van der Waals surface area (Å²) >= 11 is 3.28. The lowest BCUT2D eigenvalue weighted by Gasteiger charge is -2.16. The van der Waals surface area contributed by atoms with Gasteiger partial charge in [-0.25, -0.2) is 15.0 Å². The van der Waals surface area contributed by atoms with Crippen molar-refractivity contribution in [2.75, 3.05) is 0 Å². The third kappa shape index (κ3) is 3.80. The molecule has 0 fully saturated rings. The average molecular weight is 344 g/mol. The number of nitrogens with zero attached hydrogens (tertiary/aromatic N) is 3. The molecule has 0 aliphatic rings. The van der Waals surface area contributed by atoms with Crippen LogP contribution < -0.4 is 5.32 Å². The largest absolute Gasteiger partial charge is 0.342 e. The van der Waals surface area contributed by atoms with Gasteiger partial charge in [-0.2, -0.15) is 11.3 Å². The summed E-state index contributed by atoms with van der Waals surface area (Å²) in [6, 6.07) is 1.91. The van der Waals surface area contributed by atoms with E-state index in [1.165, 1.54) is 29.2 Å². The van der Waals surface area contributed by atoms with Gasteiger partial charge in [0.2, 0.25) is 0 Å². The minimum atomic E-state index is -0.184. The molecule has 3 rings (SSSR count). The van der Waals surface area contributed by atoms with Crippen LogP contribution >= 0.6 is 22.7 Å². The van der Waals surface area contributed by atoms with E-state index in [-0.39, 0.29) is 11.9 Å². The molecule has 1 unspecified atom stereocenters. The standard InChI is InChI=1S/C16H16N4OS2/c1-10-11(2)23-16(19-10)14(5-12-3-4-22-8-12)20-15(21)13-6-17-9-18-7-13/h3-4,6-9,14H,5H2,1-2H3,(H,20,21). The molecule has 3 aromatic rings. The molecule has 0 saturated heterocycles. The van der Waals surface area contributed by atoms with Crippen LogP contribution in [0.2, 0.25) is 0 Å². The molecule has 0 spiro atoms. The number of nitrogens with one attached hydrogen (secondary N) is 1. The normalized spacial score (nSPS) is 12.1. The molecule has 3 heterocycles. The molecule has 1 amide bonds. The predicted molar refractivity (Wildman–Crippen MR) is 91.9 cm³/mol. The predicted octanol–water partition coefficient (Wildman–Crippen LogP) is 3.33. The lowest BCUT2D eigenvalue weighted by Crippen LogP contribution is -2.30. The Balaban J connectivity index is 1.84. The maximum atomic E-state index is 12.4. The smallest absolute Gasteiger partial charge is 0.254 e. The highest BCUT2D eigenvalue weighted by atomic mass is 32.1. The van der Waals surface area contributed by atoms with E-state index in [1.54, 1.807) is 22.7 Å². The maximum absolute atomic E-state index is 12.4. The fourth-order valence-corrected chi connectivity index (χ4v) is 3.80. The van der Waals surface area contributed by atoms with Crippen molar-refractivity contribution in [2.45, 2.75) is 26.3 Å². The Kier molecular flexibility index (Phi) is 4.78. The Hall–Kier alpha value is -2.12. The molecular weight excluding hydrogens is 328 g/mol. The van der Waals surface area contributed by atoms with Crippen LogP contribution in [0, 0.1) is 13.8 Å². The van der Waals surface area contributed by atoms with Crippen molar-refractivity contribution in [1.29, 1.82) is 0 Å². The van der Waals surface area contributed by atoms with Crippen LogP contribution in [0.5, 0.6) is 0 Å². The molecule has 1 atom stereocenters. The van der Waals surface area contributed by atoms with Gasteiger partial charge in [0.15, 0.2) is 0 Å². The Morgan fingerprint density at radius 2 is 2.09 bits per heavy atom. The summed E-state index contributed by atoms with van der Waals surface area (Å²) < 4.78 is 0. The summed E-state index contributed by atoms with van der Waals surface area (Å²) in [6.07, 6.45) is 5.16. The number of thiazole rings is 1. The lowest BCUT2D eigenvalue weighted by atomic mass is 10.1. The van der Waals surface area contributed by atoms with Crippen LogP contribution in [-0.2, 0) is 6.42 Å². The molecular formula is C16H16N4OS2. The minimum absolute atomic E-state index is 0.158. The molecule has 118 valence electrons. The second kappa shape index (κ2) is 6.97. The highest BCUT2D eigenvalue weighted by Gasteiger charge is 2.20. The third-order valence-corrected chi connectivity index (χ3v) is 5.41. The van der Waals surface area contributed by atoms with Crippen molar-refractivity contribution in [3.63, 3.8) is 0 Å². The molecule has 0 saturated carbocycles. The van der Waals surface area contributed by atoms with Crippen LogP contribution in [-0.4, -0.2) is 20.9 Å². The van der Waals surface area contributed by atoms with E-state index in [1.807, 2.05) is 19.2 Å². The zero-order valence-corrected chi connectivity index (χ0v) is 14.4. The highest BCUT2D eigenvalue weighted by molar-refractivity contribution is 7.11. The fourth-order valence-electron chi connectivity index (χ4n) is 2.15. The van der Waals surface area contributed by atoms with Crippen molar-refractivity contribution in [2.24, 2.45) is 0 Å². The number of carbonyl (C=O) groups excluding carboxylic acids is 1. The zero-order chi connectivity index (χ0) is 16.2. The number of hydrogen-bond donors (Lipinski definition) is 1. The molecule has 23 heavy (non-hydrogen) atoms. The molecule has 0 aliphatic heterocycles. The molecule has 5 nitrogen and oxygen atoms in total. The fraction of sp³-hybridized carbons (Fsp3) is 0.250. The van der Waals surface area contributed by atoms with E-state index in [9.17, 15) is 4.79 Å². The van der Waals surface area contributed by atoms with Crippen LogP contribution in [0.3, 0.4) is 0 Å². The number of carbonyl (C=O) groups is 1. The number of rotatable bonds is 5. The minimum Gasteiger partial charge on any atom is -0.342 e. The lowest BCUT2D eigenvalue weighted by molar-refractivity contribution is 0.0935. The second-order valence-corrected chi connectivity index (χ2v) is 7.20. The van der Waals surface area contributed by atoms with Crippen LogP contribution in [0.25, 0.3) is 0 Å². The second-order valence-electron chi connectivity index (χ2n) is 5.18. The van der Waals surface area contributed by atoms with Crippen LogP contribution in [0.15, 0.2) is 35.5 Å². The Morgan fingerprint density at radius 1 is 1.30 bits per heavy atom. The summed E-state index contributed by atoms with van der Waals surface area (Å²) in [5.41, 5.74) is 2.65. The first kappa shape index (κ1) is 15.8. The maximum Gasteiger partial charge on any atom is 0.254 e. The van der Waals surface area contributed by atoms with E-state index in [0.29, 0.717) is 5.56 Å². The monoisotopic (exact) mass is 344 g/mol. The van der Waals surface area contributed by atoms with E-state index >= 15 is 0 Å². The van der Waals surface area contributed by atoms with E-state index in [2.05, 4.69) is 31.7 Å². The van der Waals surface area contributed by atoms with Gasteiger partial charge in [0.05, 0.1) is 17.3 Å². The third-order valence-electron chi connectivity index (χ3n) is 3.49. The average Bonchev–Trinajstić information content (AvgIpc) is 3.18. The van der Waals surface area contributed by atoms with Crippen molar-refractivity contribution in [3.8, 4) is 0 Å². The highest BCUT2D eigenvalue weighted by Crippen LogP contribution is 2.26. The van der Waals surface area contributed by atoms with Gasteiger partial charge in [-0.3, -0.25) is 4.79 Å². The molecule has 3 aromatic heterocycles. The Bertz CT molecular complexity index is 764. The van der Waals surface area contributed by atoms with Crippen LogP contribution in [0.1, 0.15) is 37.5 Å². The number of thiophene rings is 1. The first-order valence-electron chi connectivity index (χ1n) is 7.14.